The molecule has 22 heavy (non-hydrogen) atoms. The summed E-state index contributed by atoms with van der Waals surface area (Å²) in [5.41, 5.74) is 0.0491. The number of rotatable bonds is 4. The number of nitro benzene ring substituents is 1. The van der Waals surface area contributed by atoms with E-state index in [1.54, 1.807) is 0 Å². The average Bonchev–Trinajstić information content (AvgIpc) is 3.09. The minimum absolute atomic E-state index is 0.0677. The van der Waals surface area contributed by atoms with Crippen LogP contribution in [-0.4, -0.2) is 16.9 Å². The summed E-state index contributed by atoms with van der Waals surface area (Å²) in [7, 11) is 0. The maximum Gasteiger partial charge on any atom is 0.270 e. The zero-order valence-corrected chi connectivity index (χ0v) is 13.2. The van der Waals surface area contributed by atoms with Crippen molar-refractivity contribution in [2.24, 2.45) is 17.8 Å². The number of hydrogen-bond acceptors (Lipinski definition) is 3. The zero-order chi connectivity index (χ0) is 15.9. The van der Waals surface area contributed by atoms with Gasteiger partial charge >= 0.3 is 0 Å². The minimum atomic E-state index is -0.521. The molecule has 1 aromatic rings. The summed E-state index contributed by atoms with van der Waals surface area (Å²) >= 11 is 6.02. The molecular formula is C16H19ClN2O3. The van der Waals surface area contributed by atoms with Gasteiger partial charge in [-0.05, 0) is 50.0 Å². The first-order chi connectivity index (χ1) is 10.5. The SMILES string of the molecule is C[C@@H](NC(=O)c1cc([N+](=O)[O-])ccc1Cl)[C@H]1C[C@H]2CC[C@H]1C2. The maximum absolute atomic E-state index is 12.4. The molecule has 0 spiro atoms. The van der Waals surface area contributed by atoms with Gasteiger partial charge in [-0.25, -0.2) is 0 Å². The molecule has 0 heterocycles. The quantitative estimate of drug-likeness (QED) is 0.677. The lowest BCUT2D eigenvalue weighted by molar-refractivity contribution is -0.384. The molecule has 0 aliphatic heterocycles. The number of nitrogens with zero attached hydrogens (tertiary/aromatic N) is 1. The van der Waals surface area contributed by atoms with Gasteiger partial charge < -0.3 is 5.32 Å². The van der Waals surface area contributed by atoms with E-state index in [2.05, 4.69) is 5.32 Å². The number of nitro groups is 1. The van der Waals surface area contributed by atoms with Gasteiger partial charge in [0.15, 0.2) is 0 Å². The van der Waals surface area contributed by atoms with Crippen LogP contribution in [0.3, 0.4) is 0 Å². The summed E-state index contributed by atoms with van der Waals surface area (Å²) < 4.78 is 0. The van der Waals surface area contributed by atoms with E-state index in [0.29, 0.717) is 11.8 Å². The number of carbonyl (C=O) groups excluding carboxylic acids is 1. The smallest absolute Gasteiger partial charge is 0.270 e. The van der Waals surface area contributed by atoms with Crippen molar-refractivity contribution in [1.29, 1.82) is 0 Å². The summed E-state index contributed by atoms with van der Waals surface area (Å²) in [6, 6.07) is 4.01. The summed E-state index contributed by atoms with van der Waals surface area (Å²) in [4.78, 5) is 22.7. The topological polar surface area (TPSA) is 72.2 Å². The number of amides is 1. The second-order valence-electron chi connectivity index (χ2n) is 6.52. The molecule has 0 unspecified atom stereocenters. The standard InChI is InChI=1S/C16H19ClN2O3/c1-9(13-7-10-2-3-11(13)6-10)18-16(20)14-8-12(19(21)22)4-5-15(14)17/h4-5,8-11,13H,2-3,6-7H2,1H3,(H,18,20)/t9-,10+,11+,13-/m1/s1. The second kappa shape index (κ2) is 5.88. The third-order valence-electron chi connectivity index (χ3n) is 5.20. The van der Waals surface area contributed by atoms with Gasteiger partial charge in [0.1, 0.15) is 0 Å². The van der Waals surface area contributed by atoms with Crippen LogP contribution in [0.15, 0.2) is 18.2 Å². The zero-order valence-electron chi connectivity index (χ0n) is 12.4. The van der Waals surface area contributed by atoms with Crippen LogP contribution in [-0.2, 0) is 0 Å². The van der Waals surface area contributed by atoms with Crippen LogP contribution in [0.2, 0.25) is 5.02 Å². The first-order valence-corrected chi connectivity index (χ1v) is 8.08. The van der Waals surface area contributed by atoms with Gasteiger partial charge in [-0.15, -0.1) is 0 Å². The van der Waals surface area contributed by atoms with Crippen LogP contribution < -0.4 is 5.32 Å². The Morgan fingerprint density at radius 2 is 2.18 bits per heavy atom. The molecule has 3 rings (SSSR count). The van der Waals surface area contributed by atoms with E-state index in [4.69, 9.17) is 11.6 Å². The fraction of sp³-hybridized carbons (Fsp3) is 0.562. The van der Waals surface area contributed by atoms with E-state index in [-0.39, 0.29) is 28.2 Å². The maximum atomic E-state index is 12.4. The van der Waals surface area contributed by atoms with Crippen molar-refractivity contribution in [3.05, 3.63) is 38.9 Å². The Kier molecular flexibility index (Phi) is 4.08. The Labute approximate surface area is 134 Å². The molecule has 2 saturated carbocycles. The third kappa shape index (κ3) is 2.82. The van der Waals surface area contributed by atoms with E-state index in [9.17, 15) is 14.9 Å². The molecule has 2 fully saturated rings. The van der Waals surface area contributed by atoms with Crippen molar-refractivity contribution in [3.63, 3.8) is 0 Å². The highest BCUT2D eigenvalue weighted by Gasteiger charge is 2.42. The fourth-order valence-electron chi connectivity index (χ4n) is 4.10. The summed E-state index contributed by atoms with van der Waals surface area (Å²) in [6.07, 6.45) is 5.03. The summed E-state index contributed by atoms with van der Waals surface area (Å²) in [5, 5.41) is 14.1. The molecule has 0 saturated heterocycles. The van der Waals surface area contributed by atoms with E-state index in [1.165, 1.54) is 43.9 Å². The first-order valence-electron chi connectivity index (χ1n) is 7.70. The first kappa shape index (κ1) is 15.3. The average molecular weight is 323 g/mol. The van der Waals surface area contributed by atoms with E-state index in [0.717, 1.165) is 5.92 Å². The molecule has 118 valence electrons. The minimum Gasteiger partial charge on any atom is -0.349 e. The van der Waals surface area contributed by atoms with Crippen LogP contribution in [0.4, 0.5) is 5.69 Å². The molecule has 2 bridgehead atoms. The summed E-state index contributed by atoms with van der Waals surface area (Å²) in [6.45, 7) is 2.02. The summed E-state index contributed by atoms with van der Waals surface area (Å²) in [5.74, 6) is 1.71. The largest absolute Gasteiger partial charge is 0.349 e. The number of non-ortho nitro benzene ring substituents is 1. The molecule has 5 nitrogen and oxygen atoms in total. The van der Waals surface area contributed by atoms with Crippen LogP contribution >= 0.6 is 11.6 Å². The van der Waals surface area contributed by atoms with Gasteiger partial charge in [0.2, 0.25) is 0 Å². The monoisotopic (exact) mass is 322 g/mol. The van der Waals surface area contributed by atoms with Gasteiger partial charge in [-0.1, -0.05) is 18.0 Å². The number of hydrogen-bond donors (Lipinski definition) is 1. The molecule has 6 heteroatoms. The third-order valence-corrected chi connectivity index (χ3v) is 5.53. The normalized spacial score (nSPS) is 27.6. The number of fused-ring (bicyclic) bond motifs is 2. The molecule has 1 N–H and O–H groups in total. The molecule has 0 aromatic heterocycles. The lowest BCUT2D eigenvalue weighted by atomic mass is 9.84. The Morgan fingerprint density at radius 3 is 2.77 bits per heavy atom. The van der Waals surface area contributed by atoms with E-state index in [1.807, 2.05) is 6.92 Å². The molecule has 0 radical (unpaired) electrons. The van der Waals surface area contributed by atoms with Crippen molar-refractivity contribution in [2.75, 3.05) is 0 Å². The Hall–Kier alpha value is -1.62. The van der Waals surface area contributed by atoms with Crippen LogP contribution in [0.25, 0.3) is 0 Å². The van der Waals surface area contributed by atoms with Crippen molar-refractivity contribution in [1.82, 2.24) is 5.32 Å². The molecule has 1 aromatic carbocycles. The predicted molar refractivity (Wildman–Crippen MR) is 84.0 cm³/mol. The molecule has 2 aliphatic rings. The van der Waals surface area contributed by atoms with Crippen LogP contribution in [0.5, 0.6) is 0 Å². The molecule has 4 atom stereocenters. The molecular weight excluding hydrogens is 304 g/mol. The van der Waals surface area contributed by atoms with Gasteiger partial charge in [0.05, 0.1) is 15.5 Å². The van der Waals surface area contributed by atoms with Crippen LogP contribution in [0, 0.1) is 27.9 Å². The van der Waals surface area contributed by atoms with E-state index < -0.39 is 4.92 Å². The Balaban J connectivity index is 1.71. The Bertz CT molecular complexity index is 619. The van der Waals surface area contributed by atoms with Crippen molar-refractivity contribution < 1.29 is 9.72 Å². The molecule has 2 aliphatic carbocycles. The lowest BCUT2D eigenvalue weighted by Gasteiger charge is -2.28. The molecule has 1 amide bonds. The Morgan fingerprint density at radius 1 is 1.41 bits per heavy atom. The van der Waals surface area contributed by atoms with Crippen LogP contribution in [0.1, 0.15) is 43.0 Å². The lowest BCUT2D eigenvalue weighted by Crippen LogP contribution is -2.40. The highest BCUT2D eigenvalue weighted by molar-refractivity contribution is 6.33. The number of nitrogens with one attached hydrogen (secondary N) is 1. The van der Waals surface area contributed by atoms with Crippen molar-refractivity contribution >= 4 is 23.2 Å². The van der Waals surface area contributed by atoms with Gasteiger partial charge in [0, 0.05) is 18.2 Å². The highest BCUT2D eigenvalue weighted by Crippen LogP contribution is 2.49. The highest BCUT2D eigenvalue weighted by atomic mass is 35.5. The number of halogens is 1. The van der Waals surface area contributed by atoms with Crippen molar-refractivity contribution in [2.45, 2.75) is 38.6 Å². The van der Waals surface area contributed by atoms with Gasteiger partial charge in [-0.3, -0.25) is 14.9 Å². The number of carbonyl (C=O) groups is 1. The fourth-order valence-corrected chi connectivity index (χ4v) is 4.30. The van der Waals surface area contributed by atoms with Gasteiger partial charge in [-0.2, -0.15) is 0 Å². The number of benzene rings is 1. The van der Waals surface area contributed by atoms with E-state index >= 15 is 0 Å². The van der Waals surface area contributed by atoms with Crippen molar-refractivity contribution in [3.8, 4) is 0 Å². The predicted octanol–water partition coefficient (Wildman–Crippen LogP) is 3.80. The van der Waals surface area contributed by atoms with Gasteiger partial charge in [0.25, 0.3) is 11.6 Å². The second-order valence-corrected chi connectivity index (χ2v) is 6.93.